The number of ether oxygens (including phenoxy) is 2. The molecule has 200 valence electrons. The summed E-state index contributed by atoms with van der Waals surface area (Å²) in [5.74, 6) is -1.62. The second-order valence-corrected chi connectivity index (χ2v) is 8.73. The molecular formula is C28H35NO8. The molecule has 0 unspecified atom stereocenters. The highest BCUT2D eigenvalue weighted by Gasteiger charge is 2.23. The highest BCUT2D eigenvalue weighted by Crippen LogP contribution is 2.16. The van der Waals surface area contributed by atoms with E-state index >= 15 is 0 Å². The lowest BCUT2D eigenvalue weighted by molar-refractivity contribution is -0.148. The molecule has 37 heavy (non-hydrogen) atoms. The summed E-state index contributed by atoms with van der Waals surface area (Å²) in [5, 5.41) is 20.9. The molecule has 0 aliphatic carbocycles. The van der Waals surface area contributed by atoms with Gasteiger partial charge >= 0.3 is 17.9 Å². The van der Waals surface area contributed by atoms with Gasteiger partial charge in [-0.1, -0.05) is 37.6 Å². The molecule has 3 N–H and O–H groups in total. The van der Waals surface area contributed by atoms with Crippen LogP contribution in [0.15, 0.2) is 48.5 Å². The Kier molecular flexibility index (Phi) is 12.7. The molecule has 2 aromatic rings. The van der Waals surface area contributed by atoms with Crippen LogP contribution in [0.3, 0.4) is 0 Å². The van der Waals surface area contributed by atoms with Gasteiger partial charge in [-0.25, -0.2) is 4.79 Å². The minimum atomic E-state index is -0.891. The highest BCUT2D eigenvalue weighted by molar-refractivity contribution is 5.84. The molecule has 0 radical (unpaired) electrons. The number of phenols is 1. The van der Waals surface area contributed by atoms with Crippen LogP contribution in [0.1, 0.15) is 63.0 Å². The molecule has 2 rings (SSSR count). The third-order valence-corrected chi connectivity index (χ3v) is 5.56. The van der Waals surface area contributed by atoms with E-state index in [1.54, 1.807) is 36.4 Å². The number of amides is 1. The van der Waals surface area contributed by atoms with E-state index in [4.69, 9.17) is 14.6 Å². The summed E-state index contributed by atoms with van der Waals surface area (Å²) < 4.78 is 10.6. The second-order valence-electron chi connectivity index (χ2n) is 8.73. The first-order chi connectivity index (χ1) is 17.8. The average Bonchev–Trinajstić information content (AvgIpc) is 2.87. The number of carbonyl (C=O) groups is 4. The van der Waals surface area contributed by atoms with Crippen molar-refractivity contribution >= 4 is 23.8 Å². The zero-order valence-electron chi connectivity index (χ0n) is 21.1. The lowest BCUT2D eigenvalue weighted by Gasteiger charge is -2.18. The molecule has 0 aliphatic rings. The average molecular weight is 514 g/mol. The van der Waals surface area contributed by atoms with Gasteiger partial charge in [0.2, 0.25) is 5.91 Å². The largest absolute Gasteiger partial charge is 0.508 e. The molecule has 0 aromatic heterocycles. The van der Waals surface area contributed by atoms with Crippen LogP contribution in [0.25, 0.3) is 0 Å². The van der Waals surface area contributed by atoms with Gasteiger partial charge in [-0.3, -0.25) is 14.4 Å². The van der Waals surface area contributed by atoms with E-state index in [2.05, 4.69) is 5.32 Å². The lowest BCUT2D eigenvalue weighted by Crippen LogP contribution is -2.43. The first-order valence-corrected chi connectivity index (χ1v) is 12.5. The normalized spacial score (nSPS) is 11.4. The molecule has 0 fully saturated rings. The van der Waals surface area contributed by atoms with Crippen molar-refractivity contribution in [3.05, 3.63) is 59.7 Å². The Morgan fingerprint density at radius 3 is 2.16 bits per heavy atom. The van der Waals surface area contributed by atoms with Gasteiger partial charge in [-0.2, -0.15) is 0 Å². The quantitative estimate of drug-likeness (QED) is 0.174. The number of aromatic hydroxyl groups is 1. The van der Waals surface area contributed by atoms with Crippen LogP contribution in [0.2, 0.25) is 0 Å². The number of phenolic OH excluding ortho intramolecular Hbond substituents is 1. The van der Waals surface area contributed by atoms with Crippen LogP contribution in [-0.4, -0.2) is 46.7 Å². The van der Waals surface area contributed by atoms with Gasteiger partial charge < -0.3 is 25.0 Å². The number of benzene rings is 2. The van der Waals surface area contributed by atoms with Crippen molar-refractivity contribution < 1.29 is 38.9 Å². The third-order valence-electron chi connectivity index (χ3n) is 5.56. The third kappa shape index (κ3) is 12.1. The number of carbonyl (C=O) groups excluding carboxylic acids is 3. The number of hydrogen-bond donors (Lipinski definition) is 3. The molecule has 1 amide bonds. The van der Waals surface area contributed by atoms with Crippen molar-refractivity contribution in [3.63, 3.8) is 0 Å². The highest BCUT2D eigenvalue weighted by atomic mass is 16.5. The summed E-state index contributed by atoms with van der Waals surface area (Å²) in [6, 6.07) is 12.4. The number of hydrogen-bond acceptors (Lipinski definition) is 7. The first-order valence-electron chi connectivity index (χ1n) is 12.5. The summed E-state index contributed by atoms with van der Waals surface area (Å²) in [5.41, 5.74) is 1.64. The maximum absolute atomic E-state index is 12.6. The smallest absolute Gasteiger partial charge is 0.328 e. The fourth-order valence-corrected chi connectivity index (χ4v) is 3.46. The van der Waals surface area contributed by atoms with Gasteiger partial charge in [0, 0.05) is 25.7 Å². The molecule has 0 spiro atoms. The molecule has 0 aliphatic heterocycles. The molecular weight excluding hydrogens is 478 g/mol. The van der Waals surface area contributed by atoms with Gasteiger partial charge in [0.25, 0.3) is 0 Å². The summed E-state index contributed by atoms with van der Waals surface area (Å²) in [6.45, 7) is 2.28. The van der Waals surface area contributed by atoms with Crippen LogP contribution in [0.4, 0.5) is 0 Å². The first kappa shape index (κ1) is 29.4. The van der Waals surface area contributed by atoms with E-state index < -0.39 is 23.9 Å². The predicted molar refractivity (Wildman–Crippen MR) is 136 cm³/mol. The van der Waals surface area contributed by atoms with Crippen molar-refractivity contribution in [3.8, 4) is 11.5 Å². The number of rotatable bonds is 16. The molecule has 9 nitrogen and oxygen atoms in total. The molecule has 0 saturated heterocycles. The number of aliphatic carboxylic acids is 1. The molecule has 1 atom stereocenters. The van der Waals surface area contributed by atoms with Gasteiger partial charge in [-0.05, 0) is 61.1 Å². The number of esters is 2. The fourth-order valence-electron chi connectivity index (χ4n) is 3.46. The van der Waals surface area contributed by atoms with Crippen LogP contribution in [-0.2, 0) is 36.8 Å². The summed E-state index contributed by atoms with van der Waals surface area (Å²) in [7, 11) is 0. The summed E-state index contributed by atoms with van der Waals surface area (Å²) in [6.07, 6.45) is 3.45. The summed E-state index contributed by atoms with van der Waals surface area (Å²) >= 11 is 0. The Balaban J connectivity index is 1.84. The molecule has 9 heteroatoms. The Morgan fingerprint density at radius 1 is 0.865 bits per heavy atom. The molecule has 0 heterocycles. The molecule has 0 bridgehead atoms. The van der Waals surface area contributed by atoms with Crippen LogP contribution in [0, 0.1) is 0 Å². The lowest BCUT2D eigenvalue weighted by atomic mass is 10.0. The van der Waals surface area contributed by atoms with E-state index in [1.807, 2.05) is 6.92 Å². The van der Waals surface area contributed by atoms with Crippen molar-refractivity contribution in [2.24, 2.45) is 0 Å². The van der Waals surface area contributed by atoms with E-state index in [0.717, 1.165) is 24.0 Å². The van der Waals surface area contributed by atoms with Crippen molar-refractivity contribution in [2.45, 2.75) is 70.8 Å². The topological polar surface area (TPSA) is 139 Å². The number of aryl methyl sites for hydroxylation is 1. The zero-order chi connectivity index (χ0) is 27.0. The zero-order valence-corrected chi connectivity index (χ0v) is 21.1. The number of carboxylic acid groups (broad SMARTS) is 1. The van der Waals surface area contributed by atoms with Crippen LogP contribution < -0.4 is 10.1 Å². The maximum Gasteiger partial charge on any atom is 0.328 e. The minimum absolute atomic E-state index is 0.0210. The molecule has 2 aromatic carbocycles. The van der Waals surface area contributed by atoms with E-state index in [1.165, 1.54) is 12.1 Å². The van der Waals surface area contributed by atoms with E-state index in [9.17, 15) is 24.3 Å². The number of carboxylic acids is 1. The Morgan fingerprint density at radius 2 is 1.51 bits per heavy atom. The maximum atomic E-state index is 12.6. The molecule has 0 saturated carbocycles. The predicted octanol–water partition coefficient (Wildman–Crippen LogP) is 3.95. The SMILES string of the molecule is CCCCOC(=O)[C@H](Cc1ccc(O)cc1)NC(=O)CCc1ccc(OC(=O)CCCCC(=O)O)cc1. The van der Waals surface area contributed by atoms with Crippen molar-refractivity contribution in [1.29, 1.82) is 0 Å². The van der Waals surface area contributed by atoms with Crippen molar-refractivity contribution in [2.75, 3.05) is 6.61 Å². The van der Waals surface area contributed by atoms with Crippen molar-refractivity contribution in [1.82, 2.24) is 5.32 Å². The Labute approximate surface area is 216 Å². The van der Waals surface area contributed by atoms with Gasteiger partial charge in [0.1, 0.15) is 17.5 Å². The summed E-state index contributed by atoms with van der Waals surface area (Å²) in [4.78, 5) is 47.6. The Hall–Kier alpha value is -3.88. The van der Waals surface area contributed by atoms with Gasteiger partial charge in [-0.15, -0.1) is 0 Å². The number of unbranched alkanes of at least 4 members (excludes halogenated alkanes) is 2. The number of nitrogens with one attached hydrogen (secondary N) is 1. The second kappa shape index (κ2) is 16.0. The Bertz CT molecular complexity index is 1020. The van der Waals surface area contributed by atoms with Gasteiger partial charge in [0.15, 0.2) is 0 Å². The van der Waals surface area contributed by atoms with Crippen LogP contribution >= 0.6 is 0 Å². The van der Waals surface area contributed by atoms with E-state index in [0.29, 0.717) is 25.0 Å². The minimum Gasteiger partial charge on any atom is -0.508 e. The van der Waals surface area contributed by atoms with E-state index in [-0.39, 0.29) is 43.9 Å². The van der Waals surface area contributed by atoms with Gasteiger partial charge in [0.05, 0.1) is 6.61 Å². The fraction of sp³-hybridized carbons (Fsp3) is 0.429. The standard InChI is InChI=1S/C28H35NO8/c1-2-3-18-36-28(35)24(19-21-8-13-22(30)14-9-21)29-25(31)17-12-20-10-15-23(16-11-20)37-27(34)7-5-4-6-26(32)33/h8-11,13-16,24,30H,2-7,12,17-19H2,1H3,(H,29,31)(H,32,33)/t24-/m0/s1. The monoisotopic (exact) mass is 513 g/mol. The van der Waals surface area contributed by atoms with Crippen LogP contribution in [0.5, 0.6) is 11.5 Å².